The van der Waals surface area contributed by atoms with E-state index in [-0.39, 0.29) is 8.80 Å². The molecule has 0 nitrogen and oxygen atoms in total. The fraction of sp³-hybridized carbons (Fsp3) is 0.636. The van der Waals surface area contributed by atoms with Crippen molar-refractivity contribution in [2.75, 3.05) is 0 Å². The quantitative estimate of drug-likeness (QED) is 0.288. The minimum absolute atomic E-state index is 0.0776. The van der Waals surface area contributed by atoms with E-state index in [4.69, 9.17) is 0 Å². The molecule has 1 aromatic carbocycles. The van der Waals surface area contributed by atoms with Crippen LogP contribution in [0.15, 0.2) is 30.9 Å². The summed E-state index contributed by atoms with van der Waals surface area (Å²) >= 11 is 0. The Kier molecular flexibility index (Phi) is 6.86. The molecule has 0 amide bonds. The summed E-state index contributed by atoms with van der Waals surface area (Å²) in [4.78, 5) is 0. The minimum Gasteiger partial charge on any atom is -0.204 e. The highest BCUT2D eigenvalue weighted by Gasteiger charge is 2.31. The Morgan fingerprint density at radius 2 is 1.64 bits per heavy atom. The molecule has 137 valence electrons. The van der Waals surface area contributed by atoms with Gasteiger partial charge in [0.15, 0.2) is 11.6 Å². The smallest absolute Gasteiger partial charge is 0.159 e. The summed E-state index contributed by atoms with van der Waals surface area (Å²) < 4.78 is 26.6. The highest BCUT2D eigenvalue weighted by atomic mass is 28.3. The molecule has 1 saturated carbocycles. The van der Waals surface area contributed by atoms with Crippen LogP contribution >= 0.6 is 0 Å². The molecule has 1 aliphatic carbocycles. The normalized spacial score (nSPS) is 25.8. The number of benzene rings is 1. The number of halogens is 2. The summed E-state index contributed by atoms with van der Waals surface area (Å²) in [6, 6.07) is 8.98. The Bertz CT molecular complexity index is 555. The van der Waals surface area contributed by atoms with Crippen molar-refractivity contribution in [2.24, 2.45) is 11.8 Å². The Morgan fingerprint density at radius 1 is 0.960 bits per heavy atom. The molecule has 0 N–H and O–H groups in total. The average molecular weight is 362 g/mol. The van der Waals surface area contributed by atoms with Crippen molar-refractivity contribution in [1.29, 1.82) is 0 Å². The molecule has 1 aromatic rings. The van der Waals surface area contributed by atoms with Crippen molar-refractivity contribution in [3.05, 3.63) is 48.1 Å². The second-order valence-corrected chi connectivity index (χ2v) is 11.1. The van der Waals surface area contributed by atoms with Gasteiger partial charge in [-0.1, -0.05) is 49.5 Å². The highest BCUT2D eigenvalue weighted by Crippen LogP contribution is 2.43. The number of hydrogen-bond acceptors (Lipinski definition) is 0. The first-order valence-corrected chi connectivity index (χ1v) is 12.2. The van der Waals surface area contributed by atoms with Gasteiger partial charge in [-0.3, -0.25) is 0 Å². The minimum atomic E-state index is -0.731. The van der Waals surface area contributed by atoms with Crippen molar-refractivity contribution in [3.63, 3.8) is 0 Å². The summed E-state index contributed by atoms with van der Waals surface area (Å²) in [6.45, 7) is 3.83. The van der Waals surface area contributed by atoms with Crippen molar-refractivity contribution >= 4 is 8.80 Å². The van der Waals surface area contributed by atoms with Crippen LogP contribution in [0.2, 0.25) is 18.1 Å². The summed E-state index contributed by atoms with van der Waals surface area (Å²) in [6.07, 6.45) is 12.3. The lowest BCUT2D eigenvalue weighted by Crippen LogP contribution is -2.28. The average Bonchev–Trinajstić information content (AvgIpc) is 2.65. The van der Waals surface area contributed by atoms with Gasteiger partial charge in [0.05, 0.1) is 0 Å². The lowest BCUT2D eigenvalue weighted by molar-refractivity contribution is 0.216. The van der Waals surface area contributed by atoms with Crippen LogP contribution in [-0.4, -0.2) is 8.80 Å². The Hall–Kier alpha value is -0.963. The molecule has 3 heteroatoms. The monoisotopic (exact) mass is 361 g/mol. The van der Waals surface area contributed by atoms with Crippen LogP contribution in [0.25, 0.3) is 0 Å². The fourth-order valence-corrected chi connectivity index (χ4v) is 7.97. The lowest BCUT2D eigenvalue weighted by atomic mass is 9.72. The number of rotatable bonds is 6. The topological polar surface area (TPSA) is 0 Å². The van der Waals surface area contributed by atoms with Crippen LogP contribution in [0.4, 0.5) is 8.78 Å². The van der Waals surface area contributed by atoms with Crippen LogP contribution in [0.3, 0.4) is 0 Å². The van der Waals surface area contributed by atoms with E-state index >= 15 is 0 Å². The van der Waals surface area contributed by atoms with Gasteiger partial charge in [0.25, 0.3) is 0 Å². The molecule has 2 fully saturated rings. The Morgan fingerprint density at radius 3 is 2.28 bits per heavy atom. The zero-order chi connectivity index (χ0) is 17.6. The van der Waals surface area contributed by atoms with Crippen molar-refractivity contribution in [2.45, 2.75) is 75.4 Å². The van der Waals surface area contributed by atoms with E-state index in [0.717, 1.165) is 30.2 Å². The first kappa shape index (κ1) is 18.8. The van der Waals surface area contributed by atoms with Crippen LogP contribution in [-0.2, 0) is 0 Å². The molecular weight excluding hydrogens is 330 g/mol. The molecule has 25 heavy (non-hydrogen) atoms. The maximum Gasteiger partial charge on any atom is 0.159 e. The third-order valence-corrected chi connectivity index (χ3v) is 9.58. The van der Waals surface area contributed by atoms with E-state index < -0.39 is 11.6 Å². The second kappa shape index (κ2) is 9.11. The molecular formula is C22H31F2Si. The van der Waals surface area contributed by atoms with Crippen molar-refractivity contribution in [3.8, 4) is 0 Å². The summed E-state index contributed by atoms with van der Waals surface area (Å²) in [5.41, 5.74) is 0.994. The second-order valence-electron chi connectivity index (χ2n) is 8.05. The van der Waals surface area contributed by atoms with Gasteiger partial charge in [0, 0.05) is 8.80 Å². The SMILES string of the molecule is C=CCCC[Si]1CCC(C2CCC(c3ccc(F)c(F)c3)CC2)CC1. The number of hydrogen-bond donors (Lipinski definition) is 0. The van der Waals surface area contributed by atoms with E-state index in [1.807, 2.05) is 0 Å². The zero-order valence-corrected chi connectivity index (χ0v) is 16.3. The highest BCUT2D eigenvalue weighted by molar-refractivity contribution is 6.58. The maximum absolute atomic E-state index is 13.5. The van der Waals surface area contributed by atoms with Gasteiger partial charge in [-0.25, -0.2) is 8.78 Å². The van der Waals surface area contributed by atoms with Gasteiger partial charge in [0.2, 0.25) is 0 Å². The first-order chi connectivity index (χ1) is 12.2. The molecule has 0 spiro atoms. The van der Waals surface area contributed by atoms with Crippen molar-refractivity contribution < 1.29 is 8.78 Å². The Balaban J connectivity index is 1.43. The van der Waals surface area contributed by atoms with Gasteiger partial charge >= 0.3 is 0 Å². The molecule has 1 heterocycles. The first-order valence-electron chi connectivity index (χ1n) is 10.1. The maximum atomic E-state index is 13.5. The van der Waals surface area contributed by atoms with Gasteiger partial charge in [-0.15, -0.1) is 6.58 Å². The summed E-state index contributed by atoms with van der Waals surface area (Å²) in [7, 11) is -0.0776. The molecule has 0 aromatic heterocycles. The lowest BCUT2D eigenvalue weighted by Gasteiger charge is -2.37. The van der Waals surface area contributed by atoms with Gasteiger partial charge < -0.3 is 0 Å². The molecule has 1 radical (unpaired) electrons. The number of allylic oxidation sites excluding steroid dienone is 1. The van der Waals surface area contributed by atoms with Crippen LogP contribution < -0.4 is 0 Å². The van der Waals surface area contributed by atoms with Crippen LogP contribution in [0, 0.1) is 23.5 Å². The Labute approximate surface area is 153 Å². The largest absolute Gasteiger partial charge is 0.204 e. The standard InChI is InChI=1S/C22H31F2Si/c1-2-3-4-13-25-14-11-19(12-15-25)17-5-7-18(8-6-17)20-9-10-21(23)22(24)16-20/h2,9-10,16-19H,1,3-8,11-15H2. The van der Waals surface area contributed by atoms with E-state index in [0.29, 0.717) is 5.92 Å². The number of unbranched alkanes of at least 4 members (excludes halogenated alkanes) is 1. The summed E-state index contributed by atoms with van der Waals surface area (Å²) in [5.74, 6) is 0.800. The zero-order valence-electron chi connectivity index (χ0n) is 15.3. The van der Waals surface area contributed by atoms with E-state index in [9.17, 15) is 8.78 Å². The van der Waals surface area contributed by atoms with Crippen LogP contribution in [0.1, 0.15) is 62.8 Å². The van der Waals surface area contributed by atoms with E-state index in [1.165, 1.54) is 68.8 Å². The molecule has 0 unspecified atom stereocenters. The molecule has 2 aliphatic rings. The molecule has 0 bridgehead atoms. The third kappa shape index (κ3) is 5.03. The third-order valence-electron chi connectivity index (χ3n) is 6.53. The van der Waals surface area contributed by atoms with Crippen molar-refractivity contribution in [1.82, 2.24) is 0 Å². The fourth-order valence-electron chi connectivity index (χ4n) is 4.96. The molecule has 3 rings (SSSR count). The van der Waals surface area contributed by atoms with E-state index in [2.05, 4.69) is 12.7 Å². The van der Waals surface area contributed by atoms with Gasteiger partial charge in [-0.05, 0) is 67.6 Å². The molecule has 0 atom stereocenters. The van der Waals surface area contributed by atoms with E-state index in [1.54, 1.807) is 6.07 Å². The van der Waals surface area contributed by atoms with Gasteiger partial charge in [0.1, 0.15) is 0 Å². The molecule has 1 saturated heterocycles. The predicted octanol–water partition coefficient (Wildman–Crippen LogP) is 7.11. The van der Waals surface area contributed by atoms with Gasteiger partial charge in [-0.2, -0.15) is 0 Å². The molecule has 1 aliphatic heterocycles. The van der Waals surface area contributed by atoms with Crippen LogP contribution in [0.5, 0.6) is 0 Å². The summed E-state index contributed by atoms with van der Waals surface area (Å²) in [5, 5.41) is 0. The predicted molar refractivity (Wildman–Crippen MR) is 103 cm³/mol.